The van der Waals surface area contributed by atoms with Crippen LogP contribution in [-0.4, -0.2) is 46.7 Å². The zero-order chi connectivity index (χ0) is 14.8. The van der Waals surface area contributed by atoms with Gasteiger partial charge >= 0.3 is 6.09 Å². The van der Waals surface area contributed by atoms with Gasteiger partial charge in [0.2, 0.25) is 0 Å². The summed E-state index contributed by atoms with van der Waals surface area (Å²) in [7, 11) is 0. The molecule has 0 radical (unpaired) electrons. The zero-order valence-electron chi connectivity index (χ0n) is 12.7. The summed E-state index contributed by atoms with van der Waals surface area (Å²) in [6, 6.07) is 0. The van der Waals surface area contributed by atoms with Gasteiger partial charge in [-0.05, 0) is 33.6 Å². The first-order chi connectivity index (χ1) is 9.35. The van der Waals surface area contributed by atoms with Crippen LogP contribution < -0.4 is 0 Å². The van der Waals surface area contributed by atoms with E-state index in [2.05, 4.69) is 15.9 Å². The van der Waals surface area contributed by atoms with Crippen LogP contribution in [0.2, 0.25) is 0 Å². The number of rotatable bonds is 2. The SMILES string of the molecule is CC(C)(C)OC(=O)N1CC(Br)C(OC2CCCCC2)C1. The minimum Gasteiger partial charge on any atom is -0.444 e. The molecule has 2 atom stereocenters. The molecular formula is C15H26BrNO3. The average Bonchev–Trinajstić information content (AvgIpc) is 2.70. The summed E-state index contributed by atoms with van der Waals surface area (Å²) >= 11 is 3.65. The van der Waals surface area contributed by atoms with E-state index in [-0.39, 0.29) is 17.0 Å². The third-order valence-electron chi connectivity index (χ3n) is 3.77. The topological polar surface area (TPSA) is 38.8 Å². The molecule has 0 aromatic rings. The largest absolute Gasteiger partial charge is 0.444 e. The van der Waals surface area contributed by atoms with E-state index in [0.717, 1.165) is 12.8 Å². The Bertz CT molecular complexity index is 337. The van der Waals surface area contributed by atoms with Crippen molar-refractivity contribution in [3.63, 3.8) is 0 Å². The molecule has 1 saturated carbocycles. The van der Waals surface area contributed by atoms with Crippen molar-refractivity contribution in [1.82, 2.24) is 4.90 Å². The van der Waals surface area contributed by atoms with E-state index >= 15 is 0 Å². The van der Waals surface area contributed by atoms with E-state index in [1.807, 2.05) is 20.8 Å². The Morgan fingerprint density at radius 2 is 1.80 bits per heavy atom. The van der Waals surface area contributed by atoms with Crippen LogP contribution >= 0.6 is 15.9 Å². The highest BCUT2D eigenvalue weighted by Crippen LogP contribution is 2.28. The molecule has 116 valence electrons. The van der Waals surface area contributed by atoms with Gasteiger partial charge in [-0.25, -0.2) is 4.79 Å². The van der Waals surface area contributed by atoms with Gasteiger partial charge in [0.25, 0.3) is 0 Å². The lowest BCUT2D eigenvalue weighted by Gasteiger charge is -2.27. The van der Waals surface area contributed by atoms with Gasteiger partial charge in [0, 0.05) is 6.54 Å². The Labute approximate surface area is 130 Å². The molecule has 1 amide bonds. The van der Waals surface area contributed by atoms with Crippen molar-refractivity contribution < 1.29 is 14.3 Å². The Hall–Kier alpha value is -0.290. The number of alkyl halides is 1. The number of halogens is 1. The molecule has 1 aliphatic heterocycles. The van der Waals surface area contributed by atoms with E-state index in [1.54, 1.807) is 4.90 Å². The number of likely N-dealkylation sites (tertiary alicyclic amines) is 1. The summed E-state index contributed by atoms with van der Waals surface area (Å²) in [5.74, 6) is 0. The first kappa shape index (κ1) is 16.1. The second-order valence-corrected chi connectivity index (χ2v) is 8.01. The van der Waals surface area contributed by atoms with Crippen LogP contribution in [-0.2, 0) is 9.47 Å². The van der Waals surface area contributed by atoms with Crippen molar-refractivity contribution in [2.24, 2.45) is 0 Å². The van der Waals surface area contributed by atoms with E-state index in [0.29, 0.717) is 19.2 Å². The summed E-state index contributed by atoms with van der Waals surface area (Å²) < 4.78 is 11.6. The number of amides is 1. The molecule has 0 N–H and O–H groups in total. The lowest BCUT2D eigenvalue weighted by Crippen LogP contribution is -2.36. The maximum atomic E-state index is 12.1. The van der Waals surface area contributed by atoms with Crippen molar-refractivity contribution in [3.05, 3.63) is 0 Å². The normalized spacial score (nSPS) is 28.7. The molecule has 20 heavy (non-hydrogen) atoms. The fourth-order valence-electron chi connectivity index (χ4n) is 2.79. The predicted molar refractivity (Wildman–Crippen MR) is 82.3 cm³/mol. The molecule has 0 aromatic heterocycles. The van der Waals surface area contributed by atoms with Gasteiger partial charge in [-0.15, -0.1) is 0 Å². The van der Waals surface area contributed by atoms with Gasteiger partial charge < -0.3 is 14.4 Å². The highest BCUT2D eigenvalue weighted by atomic mass is 79.9. The van der Waals surface area contributed by atoms with Gasteiger partial charge in [0.1, 0.15) is 5.60 Å². The van der Waals surface area contributed by atoms with E-state index < -0.39 is 5.60 Å². The zero-order valence-corrected chi connectivity index (χ0v) is 14.3. The average molecular weight is 348 g/mol. The molecule has 4 nitrogen and oxygen atoms in total. The van der Waals surface area contributed by atoms with Crippen LogP contribution in [0.25, 0.3) is 0 Å². The van der Waals surface area contributed by atoms with Crippen molar-refractivity contribution >= 4 is 22.0 Å². The highest BCUT2D eigenvalue weighted by molar-refractivity contribution is 9.09. The lowest BCUT2D eigenvalue weighted by atomic mass is 9.97. The monoisotopic (exact) mass is 347 g/mol. The van der Waals surface area contributed by atoms with Gasteiger partial charge in [-0.3, -0.25) is 0 Å². The molecule has 1 saturated heterocycles. The number of ether oxygens (including phenoxy) is 2. The van der Waals surface area contributed by atoms with Crippen molar-refractivity contribution in [2.75, 3.05) is 13.1 Å². The van der Waals surface area contributed by atoms with Crippen LogP contribution in [0.1, 0.15) is 52.9 Å². The summed E-state index contributed by atoms with van der Waals surface area (Å²) in [4.78, 5) is 14.0. The summed E-state index contributed by atoms with van der Waals surface area (Å²) in [6.45, 7) is 6.96. The predicted octanol–water partition coefficient (Wildman–Crippen LogP) is 3.72. The Morgan fingerprint density at radius 1 is 1.15 bits per heavy atom. The summed E-state index contributed by atoms with van der Waals surface area (Å²) in [5, 5.41) is 0. The first-order valence-electron chi connectivity index (χ1n) is 7.62. The summed E-state index contributed by atoms with van der Waals surface area (Å²) in [5.41, 5.74) is -0.443. The number of carbonyl (C=O) groups excluding carboxylic acids is 1. The smallest absolute Gasteiger partial charge is 0.410 e. The fraction of sp³-hybridized carbons (Fsp3) is 0.933. The van der Waals surface area contributed by atoms with E-state index in [1.165, 1.54) is 19.3 Å². The molecule has 1 aliphatic carbocycles. The van der Waals surface area contributed by atoms with Crippen LogP contribution in [0.4, 0.5) is 4.79 Å². The molecule has 2 aliphatic rings. The molecule has 0 spiro atoms. The van der Waals surface area contributed by atoms with Crippen LogP contribution in [0.3, 0.4) is 0 Å². The molecular weight excluding hydrogens is 322 g/mol. The van der Waals surface area contributed by atoms with Crippen molar-refractivity contribution in [2.45, 2.75) is 75.5 Å². The van der Waals surface area contributed by atoms with Crippen LogP contribution in [0, 0.1) is 0 Å². The molecule has 5 heteroatoms. The van der Waals surface area contributed by atoms with Gasteiger partial charge in [-0.2, -0.15) is 0 Å². The van der Waals surface area contributed by atoms with Gasteiger partial charge in [0.05, 0.1) is 23.6 Å². The second-order valence-electron chi connectivity index (χ2n) is 6.84. The van der Waals surface area contributed by atoms with E-state index in [9.17, 15) is 4.79 Å². The molecule has 2 unspecified atom stereocenters. The standard InChI is InChI=1S/C15H26BrNO3/c1-15(2,3)20-14(18)17-9-12(16)13(10-17)19-11-7-5-4-6-8-11/h11-13H,4-10H2,1-3H3. The fourth-order valence-corrected chi connectivity index (χ4v) is 3.43. The number of hydrogen-bond donors (Lipinski definition) is 0. The van der Waals surface area contributed by atoms with Crippen LogP contribution in [0.15, 0.2) is 0 Å². The summed E-state index contributed by atoms with van der Waals surface area (Å²) in [6.07, 6.45) is 6.38. The Kier molecular flexibility index (Phi) is 5.35. The Balaban J connectivity index is 1.83. The quantitative estimate of drug-likeness (QED) is 0.714. The molecule has 2 fully saturated rings. The highest BCUT2D eigenvalue weighted by Gasteiger charge is 2.37. The third kappa shape index (κ3) is 4.62. The second kappa shape index (κ2) is 6.65. The van der Waals surface area contributed by atoms with E-state index in [4.69, 9.17) is 9.47 Å². The minimum absolute atomic E-state index is 0.0885. The molecule has 2 rings (SSSR count). The van der Waals surface area contributed by atoms with Crippen LogP contribution in [0.5, 0.6) is 0 Å². The Morgan fingerprint density at radius 3 is 2.40 bits per heavy atom. The molecule has 1 heterocycles. The molecule has 0 bridgehead atoms. The first-order valence-corrected chi connectivity index (χ1v) is 8.54. The maximum Gasteiger partial charge on any atom is 0.410 e. The minimum atomic E-state index is -0.443. The maximum absolute atomic E-state index is 12.1. The van der Waals surface area contributed by atoms with Crippen molar-refractivity contribution in [1.29, 1.82) is 0 Å². The van der Waals surface area contributed by atoms with Gasteiger partial charge in [-0.1, -0.05) is 35.2 Å². The number of hydrogen-bond acceptors (Lipinski definition) is 3. The molecule has 0 aromatic carbocycles. The lowest BCUT2D eigenvalue weighted by molar-refractivity contribution is -0.0243. The number of nitrogens with zero attached hydrogens (tertiary/aromatic N) is 1. The number of carbonyl (C=O) groups is 1. The van der Waals surface area contributed by atoms with Crippen molar-refractivity contribution in [3.8, 4) is 0 Å². The van der Waals surface area contributed by atoms with Gasteiger partial charge in [0.15, 0.2) is 0 Å². The third-order valence-corrected chi connectivity index (χ3v) is 4.65.